The first kappa shape index (κ1) is 19.9. The SMILES string of the molecule is CCc1ccc(NC(=O)C[C@@H](C)S(=O)(=O)c2ccc3c(c2)NC(=O)CO3)cc1. The number of amides is 2. The van der Waals surface area contributed by atoms with Gasteiger partial charge in [0.2, 0.25) is 5.91 Å². The van der Waals surface area contributed by atoms with Crippen LogP contribution in [0.15, 0.2) is 47.4 Å². The maximum absolute atomic E-state index is 12.8. The number of anilines is 2. The number of benzene rings is 2. The molecule has 2 aromatic rings. The third-order valence-electron chi connectivity index (χ3n) is 4.56. The van der Waals surface area contributed by atoms with Crippen molar-refractivity contribution in [3.05, 3.63) is 48.0 Å². The van der Waals surface area contributed by atoms with Gasteiger partial charge >= 0.3 is 0 Å². The van der Waals surface area contributed by atoms with E-state index in [9.17, 15) is 18.0 Å². The molecule has 2 aromatic carbocycles. The van der Waals surface area contributed by atoms with Crippen molar-refractivity contribution in [3.63, 3.8) is 0 Å². The lowest BCUT2D eigenvalue weighted by Crippen LogP contribution is -2.27. The highest BCUT2D eigenvalue weighted by Gasteiger charge is 2.27. The lowest BCUT2D eigenvalue weighted by Gasteiger charge is -2.19. The van der Waals surface area contributed by atoms with Crippen molar-refractivity contribution in [2.75, 3.05) is 17.2 Å². The summed E-state index contributed by atoms with van der Waals surface area (Å²) in [6.07, 6.45) is 0.716. The van der Waals surface area contributed by atoms with E-state index >= 15 is 0 Å². The average Bonchev–Trinajstić information content (AvgIpc) is 2.67. The first-order chi connectivity index (χ1) is 13.3. The van der Waals surface area contributed by atoms with Gasteiger partial charge in [0.1, 0.15) is 5.75 Å². The van der Waals surface area contributed by atoms with E-state index in [0.29, 0.717) is 17.1 Å². The number of carbonyl (C=O) groups excluding carboxylic acids is 2. The fourth-order valence-corrected chi connectivity index (χ4v) is 4.25. The fraction of sp³-hybridized carbons (Fsp3) is 0.300. The summed E-state index contributed by atoms with van der Waals surface area (Å²) in [7, 11) is -3.76. The van der Waals surface area contributed by atoms with Crippen LogP contribution in [0.5, 0.6) is 5.75 Å². The predicted octanol–water partition coefficient (Wildman–Crippen LogP) is 2.77. The number of fused-ring (bicyclic) bond motifs is 1. The number of rotatable bonds is 6. The number of sulfone groups is 1. The smallest absolute Gasteiger partial charge is 0.262 e. The van der Waals surface area contributed by atoms with Gasteiger partial charge in [-0.3, -0.25) is 9.59 Å². The van der Waals surface area contributed by atoms with Crippen molar-refractivity contribution >= 4 is 33.0 Å². The summed E-state index contributed by atoms with van der Waals surface area (Å²) in [5.41, 5.74) is 2.09. The van der Waals surface area contributed by atoms with Crippen LogP contribution in [0.25, 0.3) is 0 Å². The molecule has 0 saturated carbocycles. The van der Waals surface area contributed by atoms with E-state index in [4.69, 9.17) is 4.74 Å². The zero-order valence-electron chi connectivity index (χ0n) is 15.7. The van der Waals surface area contributed by atoms with Crippen molar-refractivity contribution in [3.8, 4) is 5.75 Å². The third kappa shape index (κ3) is 4.33. The summed E-state index contributed by atoms with van der Waals surface area (Å²) < 4.78 is 30.9. The van der Waals surface area contributed by atoms with Crippen molar-refractivity contribution in [1.82, 2.24) is 0 Å². The zero-order valence-corrected chi connectivity index (χ0v) is 16.5. The van der Waals surface area contributed by atoms with Gasteiger partial charge in [0.15, 0.2) is 16.4 Å². The molecule has 1 aliphatic rings. The van der Waals surface area contributed by atoms with Crippen LogP contribution in [0.2, 0.25) is 0 Å². The molecule has 8 heteroatoms. The maximum atomic E-state index is 12.8. The lowest BCUT2D eigenvalue weighted by atomic mass is 10.1. The lowest BCUT2D eigenvalue weighted by molar-refractivity contribution is -0.118. The summed E-state index contributed by atoms with van der Waals surface area (Å²) in [6.45, 7) is 3.43. The van der Waals surface area contributed by atoms with Crippen LogP contribution in [0.4, 0.5) is 11.4 Å². The van der Waals surface area contributed by atoms with Crippen molar-refractivity contribution in [1.29, 1.82) is 0 Å². The van der Waals surface area contributed by atoms with E-state index in [1.165, 1.54) is 25.1 Å². The van der Waals surface area contributed by atoms with Crippen LogP contribution in [-0.2, 0) is 25.8 Å². The standard InChI is InChI=1S/C20H22N2O5S/c1-3-14-4-6-15(7-5-14)21-19(23)10-13(2)28(25,26)16-8-9-18-17(11-16)22-20(24)12-27-18/h4-9,11,13H,3,10,12H2,1-2H3,(H,21,23)(H,22,24)/t13-/m1/s1. The van der Waals surface area contributed by atoms with E-state index in [-0.39, 0.29) is 29.7 Å². The van der Waals surface area contributed by atoms with Crippen LogP contribution in [0.3, 0.4) is 0 Å². The monoisotopic (exact) mass is 402 g/mol. The topological polar surface area (TPSA) is 102 Å². The number of ether oxygens (including phenoxy) is 1. The Morgan fingerprint density at radius 1 is 1.21 bits per heavy atom. The molecule has 148 valence electrons. The van der Waals surface area contributed by atoms with Crippen LogP contribution in [0, 0.1) is 0 Å². The number of hydrogen-bond donors (Lipinski definition) is 2. The zero-order chi connectivity index (χ0) is 20.3. The fourth-order valence-electron chi connectivity index (χ4n) is 2.88. The molecule has 0 radical (unpaired) electrons. The molecule has 0 fully saturated rings. The molecule has 0 spiro atoms. The molecule has 1 heterocycles. The summed E-state index contributed by atoms with van der Waals surface area (Å²) >= 11 is 0. The Morgan fingerprint density at radius 2 is 1.93 bits per heavy atom. The maximum Gasteiger partial charge on any atom is 0.262 e. The van der Waals surface area contributed by atoms with Gasteiger partial charge in [0.25, 0.3) is 5.91 Å². The normalized spacial score (nSPS) is 14.4. The van der Waals surface area contributed by atoms with Gasteiger partial charge in [-0.1, -0.05) is 19.1 Å². The number of aryl methyl sites for hydroxylation is 1. The summed E-state index contributed by atoms with van der Waals surface area (Å²) in [5, 5.41) is 4.38. The first-order valence-corrected chi connectivity index (χ1v) is 10.5. The van der Waals surface area contributed by atoms with E-state index in [1.807, 2.05) is 19.1 Å². The summed E-state index contributed by atoms with van der Waals surface area (Å²) in [5.74, 6) is -0.307. The molecule has 0 aromatic heterocycles. The van der Waals surface area contributed by atoms with Crippen molar-refractivity contribution < 1.29 is 22.7 Å². The number of carbonyl (C=O) groups is 2. The van der Waals surface area contributed by atoms with Crippen molar-refractivity contribution in [2.24, 2.45) is 0 Å². The van der Waals surface area contributed by atoms with Crippen LogP contribution in [0.1, 0.15) is 25.8 Å². The van der Waals surface area contributed by atoms with Gasteiger partial charge in [0.05, 0.1) is 15.8 Å². The molecule has 1 atom stereocenters. The molecule has 7 nitrogen and oxygen atoms in total. The minimum absolute atomic E-state index is 0.0321. The summed E-state index contributed by atoms with van der Waals surface area (Å²) in [4.78, 5) is 23.8. The molecule has 0 saturated heterocycles. The Labute approximate surface area is 164 Å². The molecule has 3 rings (SSSR count). The molecule has 0 aliphatic carbocycles. The Kier molecular flexibility index (Phi) is 5.69. The first-order valence-electron chi connectivity index (χ1n) is 8.99. The molecular formula is C20H22N2O5S. The average molecular weight is 402 g/mol. The second kappa shape index (κ2) is 8.02. The Bertz CT molecular complexity index is 1000. The highest BCUT2D eigenvalue weighted by atomic mass is 32.2. The quantitative estimate of drug-likeness (QED) is 0.774. The predicted molar refractivity (Wildman–Crippen MR) is 106 cm³/mol. The van der Waals surface area contributed by atoms with E-state index in [0.717, 1.165) is 12.0 Å². The molecule has 0 bridgehead atoms. The van der Waals surface area contributed by atoms with E-state index in [1.54, 1.807) is 12.1 Å². The minimum atomic E-state index is -3.76. The Hall–Kier alpha value is -2.87. The largest absolute Gasteiger partial charge is 0.482 e. The number of hydrogen-bond acceptors (Lipinski definition) is 5. The molecular weight excluding hydrogens is 380 g/mol. The minimum Gasteiger partial charge on any atom is -0.482 e. The molecule has 28 heavy (non-hydrogen) atoms. The summed E-state index contributed by atoms with van der Waals surface area (Å²) in [6, 6.07) is 11.7. The second-order valence-corrected chi connectivity index (χ2v) is 9.02. The second-order valence-electron chi connectivity index (χ2n) is 6.65. The van der Waals surface area contributed by atoms with Gasteiger partial charge < -0.3 is 15.4 Å². The highest BCUT2D eigenvalue weighted by molar-refractivity contribution is 7.92. The van der Waals surface area contributed by atoms with Crippen molar-refractivity contribution in [2.45, 2.75) is 36.8 Å². The van der Waals surface area contributed by atoms with Gasteiger partial charge in [0, 0.05) is 12.1 Å². The van der Waals surface area contributed by atoms with Gasteiger partial charge in [-0.2, -0.15) is 0 Å². The Balaban J connectivity index is 1.70. The molecule has 2 N–H and O–H groups in total. The van der Waals surface area contributed by atoms with E-state index < -0.39 is 15.1 Å². The Morgan fingerprint density at radius 3 is 2.61 bits per heavy atom. The van der Waals surface area contributed by atoms with Gasteiger partial charge in [-0.15, -0.1) is 0 Å². The van der Waals surface area contributed by atoms with Gasteiger partial charge in [-0.25, -0.2) is 8.42 Å². The third-order valence-corrected chi connectivity index (χ3v) is 6.70. The highest BCUT2D eigenvalue weighted by Crippen LogP contribution is 2.31. The molecule has 2 amide bonds. The van der Waals surface area contributed by atoms with Gasteiger partial charge in [-0.05, 0) is 49.2 Å². The van der Waals surface area contributed by atoms with Crippen LogP contribution in [-0.4, -0.2) is 32.1 Å². The number of nitrogens with one attached hydrogen (secondary N) is 2. The van der Waals surface area contributed by atoms with E-state index in [2.05, 4.69) is 10.6 Å². The molecule has 1 aliphatic heterocycles. The van der Waals surface area contributed by atoms with Crippen LogP contribution >= 0.6 is 0 Å². The molecule has 0 unspecified atom stereocenters. The van der Waals surface area contributed by atoms with Crippen LogP contribution < -0.4 is 15.4 Å².